The van der Waals surface area contributed by atoms with Gasteiger partial charge in [-0.3, -0.25) is 4.79 Å². The van der Waals surface area contributed by atoms with E-state index in [-0.39, 0.29) is 10.6 Å². The highest BCUT2D eigenvalue weighted by atomic mass is 35.5. The molecule has 0 unspecified atom stereocenters. The van der Waals surface area contributed by atoms with Crippen LogP contribution in [0.2, 0.25) is 5.02 Å². The first-order valence-electron chi connectivity index (χ1n) is 3.71. The first-order chi connectivity index (χ1) is 6.43. The topological polar surface area (TPSA) is 17.1 Å². The molecular weight excluding hydrogens is 217 g/mol. The van der Waals surface area contributed by atoms with Gasteiger partial charge in [0.2, 0.25) is 0 Å². The summed E-state index contributed by atoms with van der Waals surface area (Å²) in [5, 5.41) is -0.381. The number of hydrogen-bond donors (Lipinski definition) is 0. The Morgan fingerprint density at radius 1 is 1.43 bits per heavy atom. The zero-order valence-electron chi connectivity index (χ0n) is 7.15. The zero-order valence-corrected chi connectivity index (χ0v) is 7.91. The molecule has 14 heavy (non-hydrogen) atoms. The van der Waals surface area contributed by atoms with Crippen LogP contribution in [0.1, 0.15) is 29.3 Å². The fourth-order valence-corrected chi connectivity index (χ4v) is 1.35. The molecule has 0 spiro atoms. The van der Waals surface area contributed by atoms with E-state index in [0.717, 1.165) is 13.0 Å². The second-order valence-electron chi connectivity index (χ2n) is 2.71. The van der Waals surface area contributed by atoms with Gasteiger partial charge in [-0.15, -0.1) is 0 Å². The van der Waals surface area contributed by atoms with Crippen molar-refractivity contribution in [2.24, 2.45) is 0 Å². The summed E-state index contributed by atoms with van der Waals surface area (Å²) in [6, 6.07) is 1.47. The molecule has 0 aliphatic carbocycles. The number of ketones is 1. The molecule has 0 amide bonds. The maximum atomic E-state index is 12.8. The second-order valence-corrected chi connectivity index (χ2v) is 3.09. The lowest BCUT2D eigenvalue weighted by atomic mass is 10.1. The van der Waals surface area contributed by atoms with Gasteiger partial charge < -0.3 is 0 Å². The van der Waals surface area contributed by atoms with E-state index in [1.165, 1.54) is 0 Å². The molecule has 0 N–H and O–H groups in total. The average Bonchev–Trinajstić information content (AvgIpc) is 2.07. The van der Waals surface area contributed by atoms with Crippen LogP contribution in [0, 0.1) is 5.82 Å². The van der Waals surface area contributed by atoms with E-state index >= 15 is 0 Å². The number of halogens is 4. The number of carbonyl (C=O) groups is 1. The largest absolute Gasteiger partial charge is 0.294 e. The van der Waals surface area contributed by atoms with Crippen molar-refractivity contribution in [1.29, 1.82) is 0 Å². The van der Waals surface area contributed by atoms with Crippen molar-refractivity contribution in [3.8, 4) is 0 Å². The normalized spacial score (nSPS) is 10.7. The molecule has 5 heteroatoms. The quantitative estimate of drug-likeness (QED) is 0.699. The average molecular weight is 223 g/mol. The Morgan fingerprint density at radius 3 is 2.43 bits per heavy atom. The molecule has 1 rings (SSSR count). The van der Waals surface area contributed by atoms with Crippen LogP contribution in [0.25, 0.3) is 0 Å². The number of alkyl halides is 2. The zero-order chi connectivity index (χ0) is 10.9. The maximum Gasteiger partial charge on any atom is 0.265 e. The van der Waals surface area contributed by atoms with Gasteiger partial charge in [0.05, 0.1) is 5.02 Å². The van der Waals surface area contributed by atoms with E-state index in [0.29, 0.717) is 6.07 Å². The molecule has 76 valence electrons. The van der Waals surface area contributed by atoms with Gasteiger partial charge >= 0.3 is 0 Å². The maximum absolute atomic E-state index is 12.8. The Balaban J connectivity index is 3.40. The Labute approximate surface area is 83.5 Å². The molecule has 1 aromatic rings. The van der Waals surface area contributed by atoms with E-state index in [4.69, 9.17) is 11.6 Å². The van der Waals surface area contributed by atoms with Crippen LogP contribution in [-0.2, 0) is 0 Å². The SMILES string of the molecule is CC(=O)c1cc(F)cc(C(F)F)c1Cl. The van der Waals surface area contributed by atoms with Crippen molar-refractivity contribution in [3.05, 3.63) is 34.1 Å². The lowest BCUT2D eigenvalue weighted by Gasteiger charge is -2.06. The highest BCUT2D eigenvalue weighted by Crippen LogP contribution is 2.30. The number of rotatable bonds is 2. The van der Waals surface area contributed by atoms with E-state index in [2.05, 4.69) is 0 Å². The van der Waals surface area contributed by atoms with Crippen LogP contribution in [-0.4, -0.2) is 5.78 Å². The van der Waals surface area contributed by atoms with Gasteiger partial charge in [-0.25, -0.2) is 13.2 Å². The van der Waals surface area contributed by atoms with Gasteiger partial charge in [-0.05, 0) is 19.1 Å². The minimum Gasteiger partial charge on any atom is -0.294 e. The third-order valence-electron chi connectivity index (χ3n) is 1.68. The third-order valence-corrected chi connectivity index (χ3v) is 2.10. The van der Waals surface area contributed by atoms with Crippen LogP contribution in [0.15, 0.2) is 12.1 Å². The van der Waals surface area contributed by atoms with Crippen molar-refractivity contribution in [2.75, 3.05) is 0 Å². The molecule has 1 aromatic carbocycles. The Hall–Kier alpha value is -1.03. The molecule has 0 atom stereocenters. The summed E-state index contributed by atoms with van der Waals surface area (Å²) < 4.78 is 37.4. The number of hydrogen-bond acceptors (Lipinski definition) is 1. The van der Waals surface area contributed by atoms with Gasteiger partial charge in [0.1, 0.15) is 5.82 Å². The lowest BCUT2D eigenvalue weighted by Crippen LogP contribution is -1.99. The summed E-state index contributed by atoms with van der Waals surface area (Å²) in [4.78, 5) is 10.9. The summed E-state index contributed by atoms with van der Waals surface area (Å²) in [5.41, 5.74) is -0.876. The Kier molecular flexibility index (Phi) is 3.16. The summed E-state index contributed by atoms with van der Waals surface area (Å²) >= 11 is 5.50. The van der Waals surface area contributed by atoms with Crippen molar-refractivity contribution < 1.29 is 18.0 Å². The standard InChI is InChI=1S/C9H6ClF3O/c1-4(14)6-2-5(11)3-7(8(6)10)9(12)13/h2-3,9H,1H3. The lowest BCUT2D eigenvalue weighted by molar-refractivity contribution is 0.101. The van der Waals surface area contributed by atoms with Crippen molar-refractivity contribution in [3.63, 3.8) is 0 Å². The van der Waals surface area contributed by atoms with E-state index in [9.17, 15) is 18.0 Å². The van der Waals surface area contributed by atoms with Crippen LogP contribution in [0.5, 0.6) is 0 Å². The summed E-state index contributed by atoms with van der Waals surface area (Å²) in [5.74, 6) is -1.44. The Morgan fingerprint density at radius 2 is 2.00 bits per heavy atom. The molecule has 0 aromatic heterocycles. The van der Waals surface area contributed by atoms with Gasteiger partial charge in [0, 0.05) is 11.1 Å². The molecule has 0 radical (unpaired) electrons. The summed E-state index contributed by atoms with van der Waals surface area (Å²) in [6.45, 7) is 1.13. The van der Waals surface area contributed by atoms with Gasteiger partial charge in [0.25, 0.3) is 6.43 Å². The number of benzene rings is 1. The van der Waals surface area contributed by atoms with E-state index in [1.807, 2.05) is 0 Å². The van der Waals surface area contributed by atoms with Crippen LogP contribution in [0.4, 0.5) is 13.2 Å². The first kappa shape index (κ1) is 11.0. The molecule has 0 bridgehead atoms. The summed E-state index contributed by atoms with van der Waals surface area (Å²) in [6.07, 6.45) is -2.89. The van der Waals surface area contributed by atoms with Crippen LogP contribution < -0.4 is 0 Å². The highest BCUT2D eigenvalue weighted by Gasteiger charge is 2.18. The van der Waals surface area contributed by atoms with Crippen molar-refractivity contribution >= 4 is 17.4 Å². The molecule has 0 saturated carbocycles. The highest BCUT2D eigenvalue weighted by molar-refractivity contribution is 6.34. The molecule has 0 fully saturated rings. The number of Topliss-reactive ketones (excluding diaryl/α,β-unsaturated/α-hetero) is 1. The fourth-order valence-electron chi connectivity index (χ4n) is 1.03. The Bertz CT molecular complexity index is 377. The third kappa shape index (κ3) is 2.07. The summed E-state index contributed by atoms with van der Waals surface area (Å²) in [7, 11) is 0. The van der Waals surface area contributed by atoms with Gasteiger partial charge in [-0.1, -0.05) is 11.6 Å². The van der Waals surface area contributed by atoms with Crippen LogP contribution >= 0.6 is 11.6 Å². The molecular formula is C9H6ClF3O. The molecule has 0 saturated heterocycles. The first-order valence-corrected chi connectivity index (χ1v) is 4.09. The van der Waals surface area contributed by atoms with Crippen molar-refractivity contribution in [2.45, 2.75) is 13.3 Å². The van der Waals surface area contributed by atoms with Gasteiger partial charge in [0.15, 0.2) is 5.78 Å². The van der Waals surface area contributed by atoms with Crippen LogP contribution in [0.3, 0.4) is 0 Å². The fraction of sp³-hybridized carbons (Fsp3) is 0.222. The molecule has 0 aliphatic rings. The monoisotopic (exact) mass is 222 g/mol. The van der Waals surface area contributed by atoms with E-state index < -0.39 is 23.6 Å². The smallest absolute Gasteiger partial charge is 0.265 e. The predicted molar refractivity (Wildman–Crippen MR) is 46.4 cm³/mol. The molecule has 1 nitrogen and oxygen atoms in total. The second kappa shape index (κ2) is 4.00. The van der Waals surface area contributed by atoms with E-state index in [1.54, 1.807) is 0 Å². The van der Waals surface area contributed by atoms with Gasteiger partial charge in [-0.2, -0.15) is 0 Å². The van der Waals surface area contributed by atoms with Crippen molar-refractivity contribution in [1.82, 2.24) is 0 Å². The number of carbonyl (C=O) groups excluding carboxylic acids is 1. The molecule has 0 heterocycles. The molecule has 0 aliphatic heterocycles. The minimum atomic E-state index is -2.89. The minimum absolute atomic E-state index is 0.220. The predicted octanol–water partition coefficient (Wildman–Crippen LogP) is 3.62.